The van der Waals surface area contributed by atoms with Crippen LogP contribution in [-0.2, 0) is 6.61 Å². The van der Waals surface area contributed by atoms with Gasteiger partial charge in [0.1, 0.15) is 23.9 Å². The quantitative estimate of drug-likeness (QED) is 0.567. The van der Waals surface area contributed by atoms with Gasteiger partial charge in [0.2, 0.25) is 5.95 Å². The molecule has 26 heavy (non-hydrogen) atoms. The number of ether oxygens (including phenoxy) is 1. The van der Waals surface area contributed by atoms with Crippen molar-refractivity contribution >= 4 is 22.9 Å². The number of hydrogen-bond donors (Lipinski definition) is 2. The number of H-pyrrole nitrogens is 1. The van der Waals surface area contributed by atoms with Crippen LogP contribution in [0.5, 0.6) is 5.75 Å². The lowest BCUT2D eigenvalue weighted by Gasteiger charge is -2.03. The molecule has 0 fully saturated rings. The van der Waals surface area contributed by atoms with E-state index in [2.05, 4.69) is 15.3 Å². The van der Waals surface area contributed by atoms with E-state index in [1.54, 1.807) is 12.1 Å². The Morgan fingerprint density at radius 3 is 2.73 bits per heavy atom. The molecule has 0 aliphatic heterocycles. The predicted molar refractivity (Wildman–Crippen MR) is 93.5 cm³/mol. The fraction of sp³-hybridized carbons (Fsp3) is 0.0526. The highest BCUT2D eigenvalue weighted by Gasteiger charge is 2.14. The number of fused-ring (bicyclic) bond motifs is 1. The molecule has 2 aromatic carbocycles. The number of nitrogens with one attached hydrogen (secondary N) is 2. The second kappa shape index (κ2) is 6.72. The summed E-state index contributed by atoms with van der Waals surface area (Å²) in [4.78, 5) is 19.6. The molecule has 0 saturated heterocycles. The number of hydrogen-bond acceptors (Lipinski definition) is 4. The molecule has 0 aliphatic rings. The van der Waals surface area contributed by atoms with Crippen LogP contribution in [0.4, 0.5) is 10.3 Å². The third-order valence-electron chi connectivity index (χ3n) is 3.70. The Morgan fingerprint density at radius 1 is 1.12 bits per heavy atom. The first-order valence-electron chi connectivity index (χ1n) is 7.90. The van der Waals surface area contributed by atoms with Crippen LogP contribution in [-0.4, -0.2) is 15.9 Å². The van der Waals surface area contributed by atoms with Gasteiger partial charge in [-0.15, -0.1) is 0 Å². The monoisotopic (exact) mass is 351 g/mol. The summed E-state index contributed by atoms with van der Waals surface area (Å²) in [6.07, 6.45) is 0. The molecular formula is C19H14FN3O3. The smallest absolute Gasteiger partial charge is 0.293 e. The predicted octanol–water partition coefficient (Wildman–Crippen LogP) is 4.13. The number of amides is 1. The van der Waals surface area contributed by atoms with Crippen LogP contribution in [0, 0.1) is 5.82 Å². The largest absolute Gasteiger partial charge is 0.486 e. The highest BCUT2D eigenvalue weighted by atomic mass is 19.1. The SMILES string of the molecule is O=C(Nc1nc2ccccc2[nH]1)c1ccc(COc2ccc(F)cc2)o1. The molecule has 2 aromatic heterocycles. The van der Waals surface area contributed by atoms with Gasteiger partial charge in [-0.25, -0.2) is 9.37 Å². The molecule has 0 unspecified atom stereocenters. The molecule has 2 N–H and O–H groups in total. The van der Waals surface area contributed by atoms with E-state index in [9.17, 15) is 9.18 Å². The number of benzene rings is 2. The number of anilines is 1. The van der Waals surface area contributed by atoms with Crippen molar-refractivity contribution in [2.24, 2.45) is 0 Å². The summed E-state index contributed by atoms with van der Waals surface area (Å²) < 4.78 is 23.8. The number of aromatic amines is 1. The number of aromatic nitrogens is 2. The number of para-hydroxylation sites is 2. The van der Waals surface area contributed by atoms with E-state index < -0.39 is 5.91 Å². The lowest BCUT2D eigenvalue weighted by Crippen LogP contribution is -2.12. The van der Waals surface area contributed by atoms with E-state index in [1.165, 1.54) is 24.3 Å². The van der Waals surface area contributed by atoms with Gasteiger partial charge in [-0.1, -0.05) is 12.1 Å². The Bertz CT molecular complexity index is 1020. The second-order valence-electron chi connectivity index (χ2n) is 5.57. The molecule has 1 amide bonds. The van der Waals surface area contributed by atoms with E-state index in [4.69, 9.17) is 9.15 Å². The summed E-state index contributed by atoms with van der Waals surface area (Å²) in [5.74, 6) is 0.719. The Morgan fingerprint density at radius 2 is 1.92 bits per heavy atom. The first kappa shape index (κ1) is 15.9. The van der Waals surface area contributed by atoms with Gasteiger partial charge in [0, 0.05) is 0 Å². The lowest BCUT2D eigenvalue weighted by molar-refractivity contribution is 0.0992. The number of imidazole rings is 1. The van der Waals surface area contributed by atoms with Gasteiger partial charge in [-0.2, -0.15) is 0 Å². The van der Waals surface area contributed by atoms with Crippen molar-refractivity contribution in [2.45, 2.75) is 6.61 Å². The Balaban J connectivity index is 1.40. The van der Waals surface area contributed by atoms with Gasteiger partial charge in [-0.05, 0) is 48.5 Å². The average Bonchev–Trinajstić information content (AvgIpc) is 3.27. The molecule has 7 heteroatoms. The lowest BCUT2D eigenvalue weighted by atomic mass is 10.3. The minimum Gasteiger partial charge on any atom is -0.486 e. The minimum atomic E-state index is -0.419. The summed E-state index contributed by atoms with van der Waals surface area (Å²) in [7, 11) is 0. The fourth-order valence-electron chi connectivity index (χ4n) is 2.44. The van der Waals surface area contributed by atoms with Crippen LogP contribution < -0.4 is 10.1 Å². The number of halogens is 1. The number of rotatable bonds is 5. The van der Waals surface area contributed by atoms with E-state index in [0.29, 0.717) is 17.5 Å². The molecule has 0 saturated carbocycles. The highest BCUT2D eigenvalue weighted by Crippen LogP contribution is 2.17. The topological polar surface area (TPSA) is 80.2 Å². The van der Waals surface area contributed by atoms with Crippen molar-refractivity contribution in [3.8, 4) is 5.75 Å². The zero-order valence-corrected chi connectivity index (χ0v) is 13.5. The summed E-state index contributed by atoms with van der Waals surface area (Å²) in [5.41, 5.74) is 1.59. The molecule has 0 bridgehead atoms. The molecule has 2 heterocycles. The molecular weight excluding hydrogens is 337 g/mol. The maximum Gasteiger partial charge on any atom is 0.293 e. The van der Waals surface area contributed by atoms with Gasteiger partial charge >= 0.3 is 0 Å². The van der Waals surface area contributed by atoms with Gasteiger partial charge in [0.15, 0.2) is 5.76 Å². The third-order valence-corrected chi connectivity index (χ3v) is 3.70. The third kappa shape index (κ3) is 3.41. The molecule has 4 aromatic rings. The molecule has 0 spiro atoms. The normalized spacial score (nSPS) is 10.8. The van der Waals surface area contributed by atoms with Gasteiger partial charge in [0.05, 0.1) is 11.0 Å². The van der Waals surface area contributed by atoms with Crippen LogP contribution in [0.15, 0.2) is 65.1 Å². The standard InChI is InChI=1S/C19H14FN3O3/c20-12-5-7-13(8-6-12)25-11-14-9-10-17(26-14)18(24)23-19-21-15-3-1-2-4-16(15)22-19/h1-10H,11H2,(H2,21,22,23,24). The Hall–Kier alpha value is -3.61. The molecule has 6 nitrogen and oxygen atoms in total. The second-order valence-corrected chi connectivity index (χ2v) is 5.57. The molecule has 0 atom stereocenters. The van der Waals surface area contributed by atoms with Crippen LogP contribution >= 0.6 is 0 Å². The van der Waals surface area contributed by atoms with E-state index in [1.807, 2.05) is 24.3 Å². The highest BCUT2D eigenvalue weighted by molar-refractivity contribution is 6.01. The van der Waals surface area contributed by atoms with Crippen molar-refractivity contribution in [3.05, 3.63) is 78.0 Å². The van der Waals surface area contributed by atoms with Crippen LogP contribution in [0.2, 0.25) is 0 Å². The first-order valence-corrected chi connectivity index (χ1v) is 7.90. The van der Waals surface area contributed by atoms with Crippen LogP contribution in [0.25, 0.3) is 11.0 Å². The number of carbonyl (C=O) groups excluding carboxylic acids is 1. The Kier molecular flexibility index (Phi) is 4.10. The van der Waals surface area contributed by atoms with Crippen molar-refractivity contribution in [1.82, 2.24) is 9.97 Å². The number of nitrogens with zero attached hydrogens (tertiary/aromatic N) is 1. The van der Waals surface area contributed by atoms with Gasteiger partial charge < -0.3 is 14.1 Å². The van der Waals surface area contributed by atoms with E-state index in [0.717, 1.165) is 11.0 Å². The van der Waals surface area contributed by atoms with Crippen LogP contribution in [0.3, 0.4) is 0 Å². The number of carbonyl (C=O) groups is 1. The van der Waals surface area contributed by atoms with Crippen LogP contribution in [0.1, 0.15) is 16.3 Å². The Labute approximate surface area is 147 Å². The van der Waals surface area contributed by atoms with Crippen molar-refractivity contribution in [2.75, 3.05) is 5.32 Å². The molecule has 4 rings (SSSR count). The summed E-state index contributed by atoms with van der Waals surface area (Å²) in [5, 5.41) is 2.66. The fourth-order valence-corrected chi connectivity index (χ4v) is 2.44. The van der Waals surface area contributed by atoms with Gasteiger partial charge in [-0.3, -0.25) is 10.1 Å². The maximum atomic E-state index is 12.9. The molecule has 0 radical (unpaired) electrons. The minimum absolute atomic E-state index is 0.129. The average molecular weight is 351 g/mol. The van der Waals surface area contributed by atoms with Crippen molar-refractivity contribution in [1.29, 1.82) is 0 Å². The summed E-state index contributed by atoms with van der Waals surface area (Å²) in [6, 6.07) is 16.3. The number of furan rings is 1. The van der Waals surface area contributed by atoms with Gasteiger partial charge in [0.25, 0.3) is 5.91 Å². The molecule has 0 aliphatic carbocycles. The maximum absolute atomic E-state index is 12.9. The van der Waals surface area contributed by atoms with E-state index in [-0.39, 0.29) is 18.2 Å². The first-order chi connectivity index (χ1) is 12.7. The zero-order valence-electron chi connectivity index (χ0n) is 13.5. The van der Waals surface area contributed by atoms with Crippen molar-refractivity contribution < 1.29 is 18.3 Å². The summed E-state index contributed by atoms with van der Waals surface area (Å²) >= 11 is 0. The summed E-state index contributed by atoms with van der Waals surface area (Å²) in [6.45, 7) is 0.129. The van der Waals surface area contributed by atoms with Crippen molar-refractivity contribution in [3.63, 3.8) is 0 Å². The zero-order chi connectivity index (χ0) is 17.9. The van der Waals surface area contributed by atoms with E-state index >= 15 is 0 Å². The molecule has 130 valence electrons.